The smallest absolute Gasteiger partial charge is 0.271 e. The van der Waals surface area contributed by atoms with Crippen molar-refractivity contribution in [3.8, 4) is 22.7 Å². The molecule has 1 N–H and O–H groups in total. The third-order valence-electron chi connectivity index (χ3n) is 5.13. The van der Waals surface area contributed by atoms with Crippen molar-refractivity contribution in [1.82, 2.24) is 15.1 Å². The lowest BCUT2D eigenvalue weighted by Crippen LogP contribution is -2.33. The van der Waals surface area contributed by atoms with Crippen LogP contribution in [0.4, 0.5) is 0 Å². The first-order valence-corrected chi connectivity index (χ1v) is 9.90. The standard InChI is InChI=1S/C23H25N3O3/c1-28-20-11-9-18(10-12-20)22-14-21(25-26(22)19-7-3-2-4-8-19)23(27)24-15-17-6-5-13-29-16-17/h2-4,7-12,14,17H,5-6,13,15-16H2,1H3,(H,24,27)/t17-/m1/s1. The van der Waals surface area contributed by atoms with Gasteiger partial charge in [-0.25, -0.2) is 4.68 Å². The minimum atomic E-state index is -0.167. The van der Waals surface area contributed by atoms with Gasteiger partial charge in [-0.05, 0) is 61.2 Å². The van der Waals surface area contributed by atoms with E-state index in [1.54, 1.807) is 11.8 Å². The number of benzene rings is 2. The number of carbonyl (C=O) groups is 1. The topological polar surface area (TPSA) is 65.4 Å². The molecule has 1 atom stereocenters. The third-order valence-corrected chi connectivity index (χ3v) is 5.13. The predicted molar refractivity (Wildman–Crippen MR) is 111 cm³/mol. The molecule has 0 radical (unpaired) electrons. The van der Waals surface area contributed by atoms with Gasteiger partial charge in [-0.2, -0.15) is 5.10 Å². The summed E-state index contributed by atoms with van der Waals surface area (Å²) in [6, 6.07) is 19.4. The summed E-state index contributed by atoms with van der Waals surface area (Å²) in [4.78, 5) is 12.8. The molecule has 1 fully saturated rings. The van der Waals surface area contributed by atoms with E-state index >= 15 is 0 Å². The van der Waals surface area contributed by atoms with E-state index in [4.69, 9.17) is 9.47 Å². The molecule has 3 aromatic rings. The lowest BCUT2D eigenvalue weighted by atomic mass is 10.0. The zero-order valence-electron chi connectivity index (χ0n) is 16.5. The quantitative estimate of drug-likeness (QED) is 0.696. The van der Waals surface area contributed by atoms with Crippen molar-refractivity contribution in [2.24, 2.45) is 5.92 Å². The molecule has 0 aliphatic carbocycles. The molecule has 1 amide bonds. The lowest BCUT2D eigenvalue weighted by Gasteiger charge is -2.21. The number of para-hydroxylation sites is 1. The van der Waals surface area contributed by atoms with Gasteiger partial charge in [0.2, 0.25) is 0 Å². The fourth-order valence-electron chi connectivity index (χ4n) is 3.52. The van der Waals surface area contributed by atoms with Gasteiger partial charge in [0.05, 0.1) is 25.1 Å². The van der Waals surface area contributed by atoms with Crippen molar-refractivity contribution in [1.29, 1.82) is 0 Å². The van der Waals surface area contributed by atoms with Crippen LogP contribution in [0, 0.1) is 5.92 Å². The van der Waals surface area contributed by atoms with E-state index in [0.717, 1.165) is 42.1 Å². The van der Waals surface area contributed by atoms with Crippen molar-refractivity contribution in [2.75, 3.05) is 26.9 Å². The number of rotatable bonds is 6. The van der Waals surface area contributed by atoms with Gasteiger partial charge in [0.1, 0.15) is 5.75 Å². The second-order valence-electron chi connectivity index (χ2n) is 7.18. The summed E-state index contributed by atoms with van der Waals surface area (Å²) in [5.74, 6) is 0.983. The molecule has 1 aromatic heterocycles. The lowest BCUT2D eigenvalue weighted by molar-refractivity contribution is 0.0535. The normalized spacial score (nSPS) is 16.4. The monoisotopic (exact) mass is 391 g/mol. The Morgan fingerprint density at radius 1 is 1.21 bits per heavy atom. The number of methoxy groups -OCH3 is 1. The maximum Gasteiger partial charge on any atom is 0.271 e. The van der Waals surface area contributed by atoms with Crippen LogP contribution in [0.15, 0.2) is 60.7 Å². The molecule has 1 saturated heterocycles. The van der Waals surface area contributed by atoms with E-state index in [2.05, 4.69) is 10.4 Å². The second-order valence-corrected chi connectivity index (χ2v) is 7.18. The average Bonchev–Trinajstić information content (AvgIpc) is 3.24. The second kappa shape index (κ2) is 8.92. The molecule has 29 heavy (non-hydrogen) atoms. The number of nitrogens with one attached hydrogen (secondary N) is 1. The van der Waals surface area contributed by atoms with Crippen LogP contribution in [0.25, 0.3) is 16.9 Å². The van der Waals surface area contributed by atoms with E-state index in [1.807, 2.05) is 60.7 Å². The molecule has 6 nitrogen and oxygen atoms in total. The van der Waals surface area contributed by atoms with E-state index in [9.17, 15) is 4.79 Å². The Morgan fingerprint density at radius 2 is 2.00 bits per heavy atom. The maximum atomic E-state index is 12.8. The zero-order valence-corrected chi connectivity index (χ0v) is 16.5. The highest BCUT2D eigenvalue weighted by Crippen LogP contribution is 2.26. The minimum absolute atomic E-state index is 0.167. The predicted octanol–water partition coefficient (Wildman–Crippen LogP) is 3.70. The molecule has 0 unspecified atom stereocenters. The highest BCUT2D eigenvalue weighted by Gasteiger charge is 2.19. The van der Waals surface area contributed by atoms with Crippen LogP contribution in [0.1, 0.15) is 23.3 Å². The van der Waals surface area contributed by atoms with Crippen molar-refractivity contribution in [2.45, 2.75) is 12.8 Å². The largest absolute Gasteiger partial charge is 0.497 e. The molecular weight excluding hydrogens is 366 g/mol. The molecule has 0 saturated carbocycles. The van der Waals surface area contributed by atoms with E-state index < -0.39 is 0 Å². The molecular formula is C23H25N3O3. The van der Waals surface area contributed by atoms with Crippen LogP contribution < -0.4 is 10.1 Å². The maximum absolute atomic E-state index is 12.8. The van der Waals surface area contributed by atoms with E-state index in [1.165, 1.54) is 0 Å². The Hall–Kier alpha value is -3.12. The Balaban J connectivity index is 1.61. The fraction of sp³-hybridized carbons (Fsp3) is 0.304. The fourth-order valence-corrected chi connectivity index (χ4v) is 3.52. The van der Waals surface area contributed by atoms with Crippen LogP contribution >= 0.6 is 0 Å². The average molecular weight is 391 g/mol. The number of carbonyl (C=O) groups excluding carboxylic acids is 1. The summed E-state index contributed by atoms with van der Waals surface area (Å²) >= 11 is 0. The highest BCUT2D eigenvalue weighted by atomic mass is 16.5. The summed E-state index contributed by atoms with van der Waals surface area (Å²) in [5, 5.41) is 7.62. The van der Waals surface area contributed by atoms with Gasteiger partial charge >= 0.3 is 0 Å². The molecule has 0 spiro atoms. The summed E-state index contributed by atoms with van der Waals surface area (Å²) in [6.07, 6.45) is 2.13. The van der Waals surface area contributed by atoms with Gasteiger partial charge < -0.3 is 14.8 Å². The number of nitrogens with zero attached hydrogens (tertiary/aromatic N) is 2. The first-order valence-electron chi connectivity index (χ1n) is 9.90. The van der Waals surface area contributed by atoms with Crippen molar-refractivity contribution in [3.05, 3.63) is 66.4 Å². The van der Waals surface area contributed by atoms with Gasteiger partial charge in [-0.1, -0.05) is 18.2 Å². The summed E-state index contributed by atoms with van der Waals surface area (Å²) < 4.78 is 12.6. The van der Waals surface area contributed by atoms with Crippen molar-refractivity contribution < 1.29 is 14.3 Å². The minimum Gasteiger partial charge on any atom is -0.497 e. The summed E-state index contributed by atoms with van der Waals surface area (Å²) in [7, 11) is 1.64. The van der Waals surface area contributed by atoms with Gasteiger partial charge in [-0.3, -0.25) is 4.79 Å². The third kappa shape index (κ3) is 4.49. The van der Waals surface area contributed by atoms with Crippen LogP contribution in [0.5, 0.6) is 5.75 Å². The first-order chi connectivity index (χ1) is 14.2. The molecule has 1 aliphatic heterocycles. The van der Waals surface area contributed by atoms with Crippen LogP contribution in [-0.2, 0) is 4.74 Å². The van der Waals surface area contributed by atoms with Crippen molar-refractivity contribution >= 4 is 5.91 Å². The molecule has 2 heterocycles. The Morgan fingerprint density at radius 3 is 2.69 bits per heavy atom. The SMILES string of the molecule is COc1ccc(-c2cc(C(=O)NC[C@H]3CCCOC3)nn2-c2ccccc2)cc1. The molecule has 6 heteroatoms. The number of aromatic nitrogens is 2. The molecule has 1 aliphatic rings. The number of ether oxygens (including phenoxy) is 2. The Bertz CT molecular complexity index is 945. The highest BCUT2D eigenvalue weighted by molar-refractivity contribution is 5.93. The zero-order chi connectivity index (χ0) is 20.1. The van der Waals surface area contributed by atoms with Gasteiger partial charge in [0, 0.05) is 18.7 Å². The Labute approximate surface area is 170 Å². The number of amides is 1. The Kier molecular flexibility index (Phi) is 5.91. The number of hydrogen-bond acceptors (Lipinski definition) is 4. The van der Waals surface area contributed by atoms with Gasteiger partial charge in [-0.15, -0.1) is 0 Å². The first kappa shape index (κ1) is 19.2. The van der Waals surface area contributed by atoms with Crippen molar-refractivity contribution in [3.63, 3.8) is 0 Å². The molecule has 0 bridgehead atoms. The van der Waals surface area contributed by atoms with E-state index in [-0.39, 0.29) is 5.91 Å². The molecule has 4 rings (SSSR count). The van der Waals surface area contributed by atoms with Crippen LogP contribution in [0.3, 0.4) is 0 Å². The van der Waals surface area contributed by atoms with Gasteiger partial charge in [0.25, 0.3) is 5.91 Å². The van der Waals surface area contributed by atoms with Gasteiger partial charge in [0.15, 0.2) is 5.69 Å². The van der Waals surface area contributed by atoms with Crippen LogP contribution in [0.2, 0.25) is 0 Å². The van der Waals surface area contributed by atoms with E-state index in [0.29, 0.717) is 24.8 Å². The van der Waals surface area contributed by atoms with Crippen LogP contribution in [-0.4, -0.2) is 42.6 Å². The summed E-state index contributed by atoms with van der Waals surface area (Å²) in [6.45, 7) is 2.13. The number of hydrogen-bond donors (Lipinski definition) is 1. The molecule has 150 valence electrons. The molecule has 2 aromatic carbocycles. The summed E-state index contributed by atoms with van der Waals surface area (Å²) in [5.41, 5.74) is 3.11.